The number of guanidine groups is 1. The van der Waals surface area contributed by atoms with Gasteiger partial charge in [-0.3, -0.25) is 9.79 Å². The number of nitrogens with one attached hydrogen (secondary N) is 1. The number of fused-ring (bicyclic) bond motifs is 1. The first-order chi connectivity index (χ1) is 10.1. The summed E-state index contributed by atoms with van der Waals surface area (Å²) in [6, 6.07) is 0. The molecule has 21 heavy (non-hydrogen) atoms. The number of aliphatic imine (C=N–C) groups is 1. The van der Waals surface area contributed by atoms with Crippen molar-refractivity contribution in [2.45, 2.75) is 52.1 Å². The van der Waals surface area contributed by atoms with Gasteiger partial charge in [0.15, 0.2) is 5.96 Å². The molecule has 0 amide bonds. The summed E-state index contributed by atoms with van der Waals surface area (Å²) in [7, 11) is 1.82. The van der Waals surface area contributed by atoms with Crippen LogP contribution in [0.4, 0.5) is 0 Å². The largest absolute Gasteiger partial charge is 0.463 e. The van der Waals surface area contributed by atoms with Crippen LogP contribution < -0.4 is 5.32 Å². The van der Waals surface area contributed by atoms with Crippen LogP contribution in [0.2, 0.25) is 0 Å². The van der Waals surface area contributed by atoms with E-state index in [4.69, 9.17) is 4.74 Å². The molecule has 2 rings (SSSR count). The zero-order valence-corrected chi connectivity index (χ0v) is 13.6. The Morgan fingerprint density at radius 1 is 1.29 bits per heavy atom. The Hall–Kier alpha value is -1.26. The fourth-order valence-corrected chi connectivity index (χ4v) is 3.51. The quantitative estimate of drug-likeness (QED) is 0.490. The fourth-order valence-electron chi connectivity index (χ4n) is 3.51. The lowest BCUT2D eigenvalue weighted by Gasteiger charge is -2.22. The summed E-state index contributed by atoms with van der Waals surface area (Å²) in [4.78, 5) is 18.3. The number of ether oxygens (including phenoxy) is 1. The van der Waals surface area contributed by atoms with E-state index in [1.807, 2.05) is 20.9 Å². The standard InChI is InChI=1S/C16H29N3O2/c1-12(2)21-15(20)8-9-18-16(17-3)19-10-13-6-4-5-7-14(13)11-19/h12-14H,4-11H2,1-3H3,(H,17,18). The second kappa shape index (κ2) is 7.66. The Labute approximate surface area is 128 Å². The Kier molecular flexibility index (Phi) is 5.88. The van der Waals surface area contributed by atoms with Crippen LogP contribution in [0.15, 0.2) is 4.99 Å². The third kappa shape index (κ3) is 4.61. The molecule has 1 saturated carbocycles. The van der Waals surface area contributed by atoms with Crippen molar-refractivity contribution in [2.24, 2.45) is 16.8 Å². The zero-order valence-electron chi connectivity index (χ0n) is 13.6. The highest BCUT2D eigenvalue weighted by molar-refractivity contribution is 5.80. The van der Waals surface area contributed by atoms with Crippen LogP contribution >= 0.6 is 0 Å². The molecule has 2 fully saturated rings. The molecule has 0 aromatic heterocycles. The topological polar surface area (TPSA) is 53.9 Å². The highest BCUT2D eigenvalue weighted by Crippen LogP contribution is 2.35. The smallest absolute Gasteiger partial charge is 0.307 e. The van der Waals surface area contributed by atoms with E-state index >= 15 is 0 Å². The van der Waals surface area contributed by atoms with Crippen molar-refractivity contribution in [2.75, 3.05) is 26.7 Å². The van der Waals surface area contributed by atoms with E-state index in [9.17, 15) is 4.79 Å². The molecule has 2 aliphatic rings. The van der Waals surface area contributed by atoms with Crippen LogP contribution in [0.1, 0.15) is 46.0 Å². The minimum Gasteiger partial charge on any atom is -0.463 e. The minimum atomic E-state index is -0.150. The van der Waals surface area contributed by atoms with Crippen LogP contribution in [0.5, 0.6) is 0 Å². The van der Waals surface area contributed by atoms with Gasteiger partial charge in [-0.15, -0.1) is 0 Å². The van der Waals surface area contributed by atoms with Crippen LogP contribution in [-0.2, 0) is 9.53 Å². The van der Waals surface area contributed by atoms with Gasteiger partial charge in [0.05, 0.1) is 12.5 Å². The summed E-state index contributed by atoms with van der Waals surface area (Å²) in [6.07, 6.45) is 5.82. The first-order valence-corrected chi connectivity index (χ1v) is 8.25. The first kappa shape index (κ1) is 16.1. The number of rotatable bonds is 4. The Bertz CT molecular complexity index is 368. The zero-order chi connectivity index (χ0) is 15.2. The van der Waals surface area contributed by atoms with Crippen molar-refractivity contribution in [3.05, 3.63) is 0 Å². The molecule has 1 aliphatic carbocycles. The molecule has 2 unspecified atom stereocenters. The summed E-state index contributed by atoms with van der Waals surface area (Å²) in [6.45, 7) is 6.55. The van der Waals surface area contributed by atoms with E-state index in [-0.39, 0.29) is 12.1 Å². The molecular formula is C16H29N3O2. The highest BCUT2D eigenvalue weighted by atomic mass is 16.5. The highest BCUT2D eigenvalue weighted by Gasteiger charge is 2.35. The fraction of sp³-hybridized carbons (Fsp3) is 0.875. The van der Waals surface area contributed by atoms with Crippen LogP contribution in [-0.4, -0.2) is 49.6 Å². The maximum atomic E-state index is 11.5. The van der Waals surface area contributed by atoms with Crippen LogP contribution in [0.25, 0.3) is 0 Å². The lowest BCUT2D eigenvalue weighted by molar-refractivity contribution is -0.147. The second-order valence-corrected chi connectivity index (χ2v) is 6.47. The number of likely N-dealkylation sites (tertiary alicyclic amines) is 1. The van der Waals surface area contributed by atoms with Crippen molar-refractivity contribution in [1.29, 1.82) is 0 Å². The molecule has 0 aromatic carbocycles. The van der Waals surface area contributed by atoms with Crippen molar-refractivity contribution < 1.29 is 9.53 Å². The number of hydrogen-bond acceptors (Lipinski definition) is 3. The predicted molar refractivity (Wildman–Crippen MR) is 84.2 cm³/mol. The monoisotopic (exact) mass is 295 g/mol. The van der Waals surface area contributed by atoms with Gasteiger partial charge >= 0.3 is 5.97 Å². The minimum absolute atomic E-state index is 0.0430. The summed E-state index contributed by atoms with van der Waals surface area (Å²) in [5, 5.41) is 3.30. The second-order valence-electron chi connectivity index (χ2n) is 6.47. The third-order valence-corrected chi connectivity index (χ3v) is 4.47. The summed E-state index contributed by atoms with van der Waals surface area (Å²) in [5.41, 5.74) is 0. The van der Waals surface area contributed by atoms with Gasteiger partial charge in [-0.25, -0.2) is 0 Å². The molecule has 1 N–H and O–H groups in total. The Morgan fingerprint density at radius 2 is 1.90 bits per heavy atom. The molecule has 0 aromatic rings. The molecule has 0 bridgehead atoms. The average Bonchev–Trinajstić information content (AvgIpc) is 2.86. The number of carbonyl (C=O) groups is 1. The van der Waals surface area contributed by atoms with E-state index < -0.39 is 0 Å². The van der Waals surface area contributed by atoms with Crippen molar-refractivity contribution in [1.82, 2.24) is 10.2 Å². The van der Waals surface area contributed by atoms with Gasteiger partial charge in [0.2, 0.25) is 0 Å². The van der Waals surface area contributed by atoms with Crippen molar-refractivity contribution >= 4 is 11.9 Å². The Morgan fingerprint density at radius 3 is 2.43 bits per heavy atom. The summed E-state index contributed by atoms with van der Waals surface area (Å²) >= 11 is 0. The van der Waals surface area contributed by atoms with Gasteiger partial charge in [0, 0.05) is 26.7 Å². The molecule has 2 atom stereocenters. The number of esters is 1. The average molecular weight is 295 g/mol. The number of nitrogens with zero attached hydrogens (tertiary/aromatic N) is 2. The molecule has 0 spiro atoms. The third-order valence-electron chi connectivity index (χ3n) is 4.47. The van der Waals surface area contributed by atoms with Crippen LogP contribution in [0, 0.1) is 11.8 Å². The van der Waals surface area contributed by atoms with Crippen molar-refractivity contribution in [3.63, 3.8) is 0 Å². The van der Waals surface area contributed by atoms with Gasteiger partial charge in [0.25, 0.3) is 0 Å². The van der Waals surface area contributed by atoms with Gasteiger partial charge in [-0.05, 0) is 38.5 Å². The lowest BCUT2D eigenvalue weighted by Crippen LogP contribution is -2.41. The van der Waals surface area contributed by atoms with Gasteiger partial charge < -0.3 is 15.0 Å². The Balaban J connectivity index is 1.75. The molecule has 1 heterocycles. The molecular weight excluding hydrogens is 266 g/mol. The molecule has 5 nitrogen and oxygen atoms in total. The molecule has 0 radical (unpaired) electrons. The van der Waals surface area contributed by atoms with Gasteiger partial charge in [-0.1, -0.05) is 12.8 Å². The van der Waals surface area contributed by atoms with E-state index in [0.717, 1.165) is 30.9 Å². The van der Waals surface area contributed by atoms with E-state index in [1.165, 1.54) is 25.7 Å². The summed E-state index contributed by atoms with van der Waals surface area (Å²) in [5.74, 6) is 2.45. The van der Waals surface area contributed by atoms with E-state index in [2.05, 4.69) is 15.2 Å². The molecule has 1 saturated heterocycles. The normalized spacial score (nSPS) is 25.9. The predicted octanol–water partition coefficient (Wildman–Crippen LogP) is 2.03. The maximum absolute atomic E-state index is 11.5. The maximum Gasteiger partial charge on any atom is 0.307 e. The van der Waals surface area contributed by atoms with E-state index in [0.29, 0.717) is 13.0 Å². The SMILES string of the molecule is CN=C(NCCC(=O)OC(C)C)N1CC2CCCCC2C1. The van der Waals surface area contributed by atoms with E-state index in [1.54, 1.807) is 0 Å². The number of carbonyl (C=O) groups excluding carboxylic acids is 1. The number of hydrogen-bond donors (Lipinski definition) is 1. The van der Waals surface area contributed by atoms with Crippen molar-refractivity contribution in [3.8, 4) is 0 Å². The molecule has 5 heteroatoms. The van der Waals surface area contributed by atoms with Crippen LogP contribution in [0.3, 0.4) is 0 Å². The molecule has 1 aliphatic heterocycles. The molecule has 120 valence electrons. The first-order valence-electron chi connectivity index (χ1n) is 8.25. The van der Waals surface area contributed by atoms with Gasteiger partial charge in [-0.2, -0.15) is 0 Å². The lowest BCUT2D eigenvalue weighted by atomic mass is 9.82. The van der Waals surface area contributed by atoms with Gasteiger partial charge in [0.1, 0.15) is 0 Å². The summed E-state index contributed by atoms with van der Waals surface area (Å²) < 4.78 is 5.14.